The molecule has 3 nitrogen and oxygen atoms in total. The van der Waals surface area contributed by atoms with Crippen molar-refractivity contribution in [1.29, 1.82) is 0 Å². The number of benzene rings is 1. The maximum atomic E-state index is 5.00. The van der Waals surface area contributed by atoms with E-state index in [0.717, 1.165) is 29.6 Å². The zero-order valence-corrected chi connectivity index (χ0v) is 14.7. The Hall–Kier alpha value is -0.870. The van der Waals surface area contributed by atoms with Gasteiger partial charge in [0.05, 0.1) is 11.0 Å². The number of aryl methyl sites for hydroxylation is 1. The lowest BCUT2D eigenvalue weighted by molar-refractivity contribution is 0.237. The van der Waals surface area contributed by atoms with Gasteiger partial charge in [-0.05, 0) is 57.0 Å². The van der Waals surface area contributed by atoms with Gasteiger partial charge in [-0.15, -0.1) is 0 Å². The quantitative estimate of drug-likeness (QED) is 0.903. The van der Waals surface area contributed by atoms with Crippen molar-refractivity contribution in [1.82, 2.24) is 14.9 Å². The van der Waals surface area contributed by atoms with Crippen LogP contribution in [0.15, 0.2) is 22.7 Å². The van der Waals surface area contributed by atoms with Gasteiger partial charge in [0.15, 0.2) is 0 Å². The van der Waals surface area contributed by atoms with Gasteiger partial charge in [-0.3, -0.25) is 0 Å². The van der Waals surface area contributed by atoms with Crippen LogP contribution in [0.1, 0.15) is 39.4 Å². The van der Waals surface area contributed by atoms with Gasteiger partial charge in [0.25, 0.3) is 0 Å². The second-order valence-corrected chi connectivity index (χ2v) is 7.49. The summed E-state index contributed by atoms with van der Waals surface area (Å²) in [4.78, 5) is 5.00. The molecule has 3 rings (SSSR count). The number of rotatable bonds is 3. The lowest BCUT2D eigenvalue weighted by atomic mass is 9.74. The number of halogens is 1. The Labute approximate surface area is 135 Å². The second kappa shape index (κ2) is 5.73. The minimum absolute atomic E-state index is 0.0922. The summed E-state index contributed by atoms with van der Waals surface area (Å²) in [5.41, 5.74) is 2.43. The third kappa shape index (κ3) is 2.64. The van der Waals surface area contributed by atoms with Crippen molar-refractivity contribution in [3.05, 3.63) is 28.5 Å². The van der Waals surface area contributed by atoms with Crippen LogP contribution in [0, 0.1) is 5.92 Å². The number of aromatic nitrogens is 2. The average Bonchev–Trinajstić information content (AvgIpc) is 2.86. The van der Waals surface area contributed by atoms with Crippen LogP contribution in [0.4, 0.5) is 0 Å². The molecule has 0 amide bonds. The van der Waals surface area contributed by atoms with Crippen LogP contribution in [-0.4, -0.2) is 22.6 Å². The molecular formula is C17H24BrN3. The highest BCUT2D eigenvalue weighted by molar-refractivity contribution is 9.10. The minimum atomic E-state index is 0.0922. The van der Waals surface area contributed by atoms with E-state index >= 15 is 0 Å². The van der Waals surface area contributed by atoms with E-state index in [1.54, 1.807) is 0 Å². The van der Waals surface area contributed by atoms with Gasteiger partial charge in [-0.2, -0.15) is 0 Å². The largest absolute Gasteiger partial charge is 0.328 e. The molecule has 2 aromatic rings. The van der Waals surface area contributed by atoms with Crippen LogP contribution in [0.3, 0.4) is 0 Å². The van der Waals surface area contributed by atoms with E-state index in [4.69, 9.17) is 4.98 Å². The van der Waals surface area contributed by atoms with Crippen LogP contribution < -0.4 is 5.32 Å². The predicted molar refractivity (Wildman–Crippen MR) is 91.7 cm³/mol. The normalized spacial score (nSPS) is 20.1. The van der Waals surface area contributed by atoms with Crippen LogP contribution in [0.2, 0.25) is 0 Å². The maximum Gasteiger partial charge on any atom is 0.115 e. The van der Waals surface area contributed by atoms with Crippen molar-refractivity contribution >= 4 is 27.0 Å². The van der Waals surface area contributed by atoms with E-state index in [1.807, 2.05) is 0 Å². The molecule has 21 heavy (non-hydrogen) atoms. The van der Waals surface area contributed by atoms with Crippen molar-refractivity contribution in [3.8, 4) is 0 Å². The third-order valence-corrected chi connectivity index (χ3v) is 5.41. The lowest BCUT2D eigenvalue weighted by Gasteiger charge is -2.37. The fourth-order valence-electron chi connectivity index (χ4n) is 3.57. The van der Waals surface area contributed by atoms with Gasteiger partial charge in [-0.25, -0.2) is 4.98 Å². The van der Waals surface area contributed by atoms with Crippen molar-refractivity contribution in [2.45, 2.75) is 45.6 Å². The maximum absolute atomic E-state index is 5.00. The predicted octanol–water partition coefficient (Wildman–Crippen LogP) is 4.10. The zero-order valence-electron chi connectivity index (χ0n) is 13.1. The molecule has 1 fully saturated rings. The summed E-state index contributed by atoms with van der Waals surface area (Å²) in [7, 11) is 0. The highest BCUT2D eigenvalue weighted by Gasteiger charge is 2.36. The standard InChI is InChI=1S/C17H24BrN3/c1-4-21-15-8-7-13(18)10-14(15)20-16(21)17(2,3)12-6-5-9-19-11-12/h7-8,10,12,19H,4-6,9,11H2,1-3H3. The molecular weight excluding hydrogens is 326 g/mol. The Morgan fingerprint density at radius 2 is 2.24 bits per heavy atom. The number of hydrogen-bond donors (Lipinski definition) is 1. The number of piperidine rings is 1. The summed E-state index contributed by atoms with van der Waals surface area (Å²) in [6, 6.07) is 6.41. The molecule has 1 aromatic carbocycles. The molecule has 2 heterocycles. The van der Waals surface area contributed by atoms with Crippen LogP contribution in [-0.2, 0) is 12.0 Å². The molecule has 1 unspecified atom stereocenters. The van der Waals surface area contributed by atoms with Crippen molar-refractivity contribution in [3.63, 3.8) is 0 Å². The van der Waals surface area contributed by atoms with E-state index in [0.29, 0.717) is 5.92 Å². The Morgan fingerprint density at radius 3 is 2.90 bits per heavy atom. The fraction of sp³-hybridized carbons (Fsp3) is 0.588. The molecule has 0 saturated carbocycles. The molecule has 1 aliphatic rings. The molecule has 1 aromatic heterocycles. The first-order valence-electron chi connectivity index (χ1n) is 7.91. The van der Waals surface area contributed by atoms with Crippen molar-refractivity contribution < 1.29 is 0 Å². The molecule has 1 N–H and O–H groups in total. The smallest absolute Gasteiger partial charge is 0.115 e. The van der Waals surface area contributed by atoms with Crippen LogP contribution in [0.25, 0.3) is 11.0 Å². The van der Waals surface area contributed by atoms with E-state index in [9.17, 15) is 0 Å². The summed E-state index contributed by atoms with van der Waals surface area (Å²) in [6.45, 7) is 10.1. The monoisotopic (exact) mass is 349 g/mol. The Bertz CT molecular complexity index is 639. The molecule has 0 spiro atoms. The fourth-order valence-corrected chi connectivity index (χ4v) is 3.91. The molecule has 0 bridgehead atoms. The molecule has 1 saturated heterocycles. The van der Waals surface area contributed by atoms with Crippen LogP contribution >= 0.6 is 15.9 Å². The number of nitrogens with zero attached hydrogens (tertiary/aromatic N) is 2. The van der Waals surface area contributed by atoms with E-state index in [1.165, 1.54) is 24.2 Å². The first-order chi connectivity index (χ1) is 10.0. The van der Waals surface area contributed by atoms with Gasteiger partial charge in [0, 0.05) is 16.4 Å². The zero-order chi connectivity index (χ0) is 15.0. The van der Waals surface area contributed by atoms with Crippen molar-refractivity contribution in [2.24, 2.45) is 5.92 Å². The third-order valence-electron chi connectivity index (χ3n) is 4.92. The minimum Gasteiger partial charge on any atom is -0.328 e. The van der Waals surface area contributed by atoms with E-state index < -0.39 is 0 Å². The van der Waals surface area contributed by atoms with Gasteiger partial charge < -0.3 is 9.88 Å². The molecule has 0 radical (unpaired) electrons. The lowest BCUT2D eigenvalue weighted by Crippen LogP contribution is -2.42. The van der Waals surface area contributed by atoms with E-state index in [-0.39, 0.29) is 5.41 Å². The Balaban J connectivity index is 2.09. The van der Waals surface area contributed by atoms with Crippen molar-refractivity contribution in [2.75, 3.05) is 13.1 Å². The molecule has 1 atom stereocenters. The van der Waals surface area contributed by atoms with Gasteiger partial charge in [-0.1, -0.05) is 29.8 Å². The summed E-state index contributed by atoms with van der Waals surface area (Å²) < 4.78 is 3.48. The van der Waals surface area contributed by atoms with E-state index in [2.05, 4.69) is 64.8 Å². The average molecular weight is 350 g/mol. The molecule has 0 aliphatic carbocycles. The first kappa shape index (κ1) is 15.0. The molecule has 1 aliphatic heterocycles. The Kier molecular flexibility index (Phi) is 4.10. The topological polar surface area (TPSA) is 29.9 Å². The van der Waals surface area contributed by atoms with Gasteiger partial charge >= 0.3 is 0 Å². The van der Waals surface area contributed by atoms with Gasteiger partial charge in [0.1, 0.15) is 5.82 Å². The Morgan fingerprint density at radius 1 is 1.43 bits per heavy atom. The molecule has 114 valence electrons. The molecule has 4 heteroatoms. The van der Waals surface area contributed by atoms with Gasteiger partial charge in [0.2, 0.25) is 0 Å². The number of hydrogen-bond acceptors (Lipinski definition) is 2. The highest BCUT2D eigenvalue weighted by Crippen LogP contribution is 2.37. The number of imidazole rings is 1. The summed E-state index contributed by atoms with van der Waals surface area (Å²) in [5, 5.41) is 3.55. The number of fused-ring (bicyclic) bond motifs is 1. The number of nitrogens with one attached hydrogen (secondary N) is 1. The summed E-state index contributed by atoms with van der Waals surface area (Å²) in [5.74, 6) is 1.88. The summed E-state index contributed by atoms with van der Waals surface area (Å²) in [6.07, 6.45) is 2.56. The van der Waals surface area contributed by atoms with Crippen LogP contribution in [0.5, 0.6) is 0 Å². The highest BCUT2D eigenvalue weighted by atomic mass is 79.9. The SMILES string of the molecule is CCn1c(C(C)(C)C2CCCNC2)nc2cc(Br)ccc21. The second-order valence-electron chi connectivity index (χ2n) is 6.58. The first-order valence-corrected chi connectivity index (χ1v) is 8.70. The summed E-state index contributed by atoms with van der Waals surface area (Å²) >= 11 is 3.56.